The number of alkyl halides is 2. The number of benzene rings is 1. The van der Waals surface area contributed by atoms with Crippen molar-refractivity contribution in [1.82, 2.24) is 14.9 Å². The van der Waals surface area contributed by atoms with E-state index in [2.05, 4.69) is 15.2 Å². The third-order valence-corrected chi connectivity index (χ3v) is 4.27. The molecule has 0 radical (unpaired) electrons. The maximum atomic E-state index is 13.6. The van der Waals surface area contributed by atoms with Gasteiger partial charge in [0.05, 0.1) is 11.0 Å². The second-order valence-corrected chi connectivity index (χ2v) is 5.48. The zero-order valence-electron chi connectivity index (χ0n) is 12.0. The van der Waals surface area contributed by atoms with Gasteiger partial charge in [0.25, 0.3) is 0 Å². The minimum atomic E-state index is -2.57. The first-order chi connectivity index (χ1) is 10.8. The van der Waals surface area contributed by atoms with Crippen LogP contribution in [0.15, 0.2) is 36.7 Å². The van der Waals surface area contributed by atoms with Gasteiger partial charge in [0.15, 0.2) is 0 Å². The average Bonchev–Trinajstić information content (AvgIpc) is 2.89. The molecule has 4 rings (SSSR count). The Balaban J connectivity index is 1.94. The number of aromatic nitrogens is 2. The molecule has 2 aromatic heterocycles. The summed E-state index contributed by atoms with van der Waals surface area (Å²) >= 11 is 0. The molecule has 0 unspecified atom stereocenters. The first-order valence-corrected chi connectivity index (χ1v) is 7.37. The molecular weight excluding hydrogens is 286 g/mol. The van der Waals surface area contributed by atoms with Gasteiger partial charge in [-0.25, -0.2) is 0 Å². The third kappa shape index (κ3) is 2.02. The lowest BCUT2D eigenvalue weighted by Gasteiger charge is -2.29. The van der Waals surface area contributed by atoms with Crippen molar-refractivity contribution in [2.75, 3.05) is 31.1 Å². The summed E-state index contributed by atoms with van der Waals surface area (Å²) in [6.45, 7) is 1.05. The van der Waals surface area contributed by atoms with Gasteiger partial charge in [0.2, 0.25) is 0 Å². The maximum absolute atomic E-state index is 13.6. The van der Waals surface area contributed by atoms with Crippen molar-refractivity contribution in [2.24, 2.45) is 0 Å². The molecule has 6 heteroatoms. The van der Waals surface area contributed by atoms with E-state index in [1.165, 1.54) is 0 Å². The van der Waals surface area contributed by atoms with Crippen LogP contribution in [0.5, 0.6) is 0 Å². The van der Waals surface area contributed by atoms with Gasteiger partial charge in [-0.2, -0.15) is 8.78 Å². The number of hydrogen-bond donors (Lipinski definition) is 1. The van der Waals surface area contributed by atoms with Gasteiger partial charge >= 0.3 is 6.55 Å². The molecule has 0 bridgehead atoms. The molecule has 114 valence electrons. The number of piperazine rings is 1. The quantitative estimate of drug-likeness (QED) is 0.790. The molecule has 0 atom stereocenters. The number of rotatable bonds is 2. The molecule has 3 aromatic rings. The first kappa shape index (κ1) is 13.5. The molecule has 0 aliphatic carbocycles. The van der Waals surface area contributed by atoms with Gasteiger partial charge in [0.1, 0.15) is 0 Å². The highest BCUT2D eigenvalue weighted by Gasteiger charge is 2.18. The number of nitrogens with zero attached hydrogens (tertiary/aromatic N) is 3. The Kier molecular flexibility index (Phi) is 3.18. The Labute approximate surface area is 126 Å². The van der Waals surface area contributed by atoms with E-state index in [0.717, 1.165) is 47.2 Å². The van der Waals surface area contributed by atoms with Crippen molar-refractivity contribution in [1.29, 1.82) is 0 Å². The van der Waals surface area contributed by atoms with Crippen LogP contribution >= 0.6 is 0 Å². The molecule has 0 spiro atoms. The van der Waals surface area contributed by atoms with E-state index in [9.17, 15) is 8.78 Å². The van der Waals surface area contributed by atoms with Gasteiger partial charge in [-0.05, 0) is 18.2 Å². The number of pyridine rings is 1. The van der Waals surface area contributed by atoms with Crippen molar-refractivity contribution in [2.45, 2.75) is 6.55 Å². The average molecular weight is 302 g/mol. The summed E-state index contributed by atoms with van der Waals surface area (Å²) in [5, 5.41) is 4.89. The van der Waals surface area contributed by atoms with Gasteiger partial charge in [-0.1, -0.05) is 6.07 Å². The SMILES string of the molecule is FC(F)n1c2ccncc2c2ccc(N3CCNCC3)cc21. The first-order valence-electron chi connectivity index (χ1n) is 7.37. The van der Waals surface area contributed by atoms with Crippen LogP contribution in [0.3, 0.4) is 0 Å². The van der Waals surface area contributed by atoms with Crippen LogP contribution < -0.4 is 10.2 Å². The Morgan fingerprint density at radius 1 is 1.05 bits per heavy atom. The number of nitrogens with one attached hydrogen (secondary N) is 1. The molecular formula is C16H16F2N4. The summed E-state index contributed by atoms with van der Waals surface area (Å²) in [5.41, 5.74) is 2.08. The highest BCUT2D eigenvalue weighted by Crippen LogP contribution is 2.34. The molecule has 1 saturated heterocycles. The Bertz CT molecular complexity index is 821. The minimum Gasteiger partial charge on any atom is -0.369 e. The van der Waals surface area contributed by atoms with Crippen LogP contribution in [0, 0.1) is 0 Å². The molecule has 1 aromatic carbocycles. The zero-order valence-corrected chi connectivity index (χ0v) is 12.0. The molecule has 1 N–H and O–H groups in total. The van der Waals surface area contributed by atoms with E-state index in [4.69, 9.17) is 0 Å². The van der Waals surface area contributed by atoms with E-state index in [1.807, 2.05) is 18.2 Å². The Hall–Kier alpha value is -2.21. The van der Waals surface area contributed by atoms with E-state index in [-0.39, 0.29) is 0 Å². The third-order valence-electron chi connectivity index (χ3n) is 4.27. The fourth-order valence-electron chi connectivity index (χ4n) is 3.21. The summed E-state index contributed by atoms with van der Waals surface area (Å²) in [6.07, 6.45) is 3.21. The monoisotopic (exact) mass is 302 g/mol. The molecule has 1 aliphatic rings. The normalized spacial score (nSPS) is 16.0. The molecule has 0 saturated carbocycles. The minimum absolute atomic E-state index is 0.525. The van der Waals surface area contributed by atoms with Crippen molar-refractivity contribution >= 4 is 27.5 Å². The fraction of sp³-hybridized carbons (Fsp3) is 0.312. The predicted octanol–water partition coefficient (Wildman–Crippen LogP) is 2.99. The smallest absolute Gasteiger partial charge is 0.319 e. The van der Waals surface area contributed by atoms with Crippen LogP contribution in [0.1, 0.15) is 6.55 Å². The van der Waals surface area contributed by atoms with Crippen LogP contribution in [-0.4, -0.2) is 35.7 Å². The lowest BCUT2D eigenvalue weighted by atomic mass is 10.1. The van der Waals surface area contributed by atoms with Gasteiger partial charge in [-0.3, -0.25) is 9.55 Å². The van der Waals surface area contributed by atoms with Crippen LogP contribution in [0.25, 0.3) is 21.8 Å². The molecule has 1 fully saturated rings. The summed E-state index contributed by atoms with van der Waals surface area (Å²) in [4.78, 5) is 6.29. The molecule has 3 heterocycles. The van der Waals surface area contributed by atoms with Gasteiger partial charge < -0.3 is 10.2 Å². The Morgan fingerprint density at radius 3 is 2.64 bits per heavy atom. The van der Waals surface area contributed by atoms with Crippen LogP contribution in [-0.2, 0) is 0 Å². The molecule has 1 aliphatic heterocycles. The summed E-state index contributed by atoms with van der Waals surface area (Å²) in [6, 6.07) is 7.45. The summed E-state index contributed by atoms with van der Waals surface area (Å²) in [7, 11) is 0. The second kappa shape index (κ2) is 5.21. The standard InChI is InChI=1S/C16H16F2N4/c17-16(18)22-14-3-4-20-10-13(14)12-2-1-11(9-15(12)22)21-7-5-19-6-8-21/h1-4,9-10,16,19H,5-8H2. The number of halogens is 2. The fourth-order valence-corrected chi connectivity index (χ4v) is 3.21. The number of fused-ring (bicyclic) bond motifs is 3. The largest absolute Gasteiger partial charge is 0.369 e. The molecule has 22 heavy (non-hydrogen) atoms. The topological polar surface area (TPSA) is 33.1 Å². The molecule has 4 nitrogen and oxygen atoms in total. The van der Waals surface area contributed by atoms with E-state index in [1.54, 1.807) is 18.5 Å². The lowest BCUT2D eigenvalue weighted by molar-refractivity contribution is 0.0796. The van der Waals surface area contributed by atoms with Crippen LogP contribution in [0.2, 0.25) is 0 Å². The second-order valence-electron chi connectivity index (χ2n) is 5.48. The van der Waals surface area contributed by atoms with Gasteiger partial charge in [-0.15, -0.1) is 0 Å². The van der Waals surface area contributed by atoms with Crippen molar-refractivity contribution < 1.29 is 8.78 Å². The highest BCUT2D eigenvalue weighted by molar-refractivity contribution is 6.08. The van der Waals surface area contributed by atoms with Crippen molar-refractivity contribution in [3.8, 4) is 0 Å². The predicted molar refractivity (Wildman–Crippen MR) is 83.6 cm³/mol. The van der Waals surface area contributed by atoms with Crippen LogP contribution in [0.4, 0.5) is 14.5 Å². The van der Waals surface area contributed by atoms with E-state index < -0.39 is 6.55 Å². The zero-order chi connectivity index (χ0) is 15.1. The number of hydrogen-bond acceptors (Lipinski definition) is 3. The van der Waals surface area contributed by atoms with E-state index >= 15 is 0 Å². The van der Waals surface area contributed by atoms with E-state index in [0.29, 0.717) is 11.0 Å². The number of anilines is 1. The van der Waals surface area contributed by atoms with Crippen molar-refractivity contribution in [3.05, 3.63) is 36.7 Å². The summed E-state index contributed by atoms with van der Waals surface area (Å²) in [5.74, 6) is 0. The highest BCUT2D eigenvalue weighted by atomic mass is 19.3. The maximum Gasteiger partial charge on any atom is 0.319 e. The lowest BCUT2D eigenvalue weighted by Crippen LogP contribution is -2.43. The Morgan fingerprint density at radius 2 is 1.86 bits per heavy atom. The molecule has 0 amide bonds. The van der Waals surface area contributed by atoms with Gasteiger partial charge in [0, 0.05) is 55.0 Å². The summed E-state index contributed by atoms with van der Waals surface area (Å²) < 4.78 is 28.2. The van der Waals surface area contributed by atoms with Crippen molar-refractivity contribution in [3.63, 3.8) is 0 Å².